The maximum absolute atomic E-state index is 9.03. The van der Waals surface area contributed by atoms with E-state index in [0.29, 0.717) is 0 Å². The second-order valence-corrected chi connectivity index (χ2v) is 4.44. The zero-order valence-corrected chi connectivity index (χ0v) is 11.6. The maximum Gasteiger partial charge on any atom is 0.0629 e. The van der Waals surface area contributed by atoms with Crippen molar-refractivity contribution in [3.05, 3.63) is 0 Å². The smallest absolute Gasteiger partial charge is 0.0629 e. The van der Waals surface area contributed by atoms with E-state index in [2.05, 4.69) is 0 Å². The number of hydrogen-bond donors (Lipinski definition) is 6. The van der Waals surface area contributed by atoms with Gasteiger partial charge in [0.1, 0.15) is 0 Å². The van der Waals surface area contributed by atoms with E-state index in [1.807, 2.05) is 0 Å². The van der Waals surface area contributed by atoms with Crippen LogP contribution in [-0.4, -0.2) is 83.5 Å². The van der Waals surface area contributed by atoms with Crippen LogP contribution in [0.4, 0.5) is 0 Å². The van der Waals surface area contributed by atoms with Crippen LogP contribution in [0.15, 0.2) is 0 Å². The molecule has 0 heterocycles. The van der Waals surface area contributed by atoms with Gasteiger partial charge in [-0.25, -0.2) is 0 Å². The van der Waals surface area contributed by atoms with Gasteiger partial charge in [-0.15, -0.1) is 0 Å². The third kappa shape index (κ3) is 5.57. The Hall–Kier alpha value is 0.382. The van der Waals surface area contributed by atoms with Gasteiger partial charge in [0.05, 0.1) is 63.7 Å². The third-order valence-electron chi connectivity index (χ3n) is 2.83. The molecule has 114 valence electrons. The fourth-order valence-corrected chi connectivity index (χ4v) is 1.06. The largest absolute Gasteiger partial charge is 0.396 e. The van der Waals surface area contributed by atoms with E-state index in [-0.39, 0.29) is 33.6 Å². The van der Waals surface area contributed by atoms with Crippen molar-refractivity contribution in [1.82, 2.24) is 0 Å². The van der Waals surface area contributed by atoms with E-state index in [4.69, 9.17) is 35.4 Å². The van der Waals surface area contributed by atoms with Crippen molar-refractivity contribution in [3.8, 4) is 0 Å². The van der Waals surface area contributed by atoms with Crippen LogP contribution in [0.1, 0.15) is 0 Å². The monoisotopic (exact) mass is 360 g/mol. The molecule has 0 saturated carbocycles. The summed E-state index contributed by atoms with van der Waals surface area (Å²) in [7, 11) is 0. The summed E-state index contributed by atoms with van der Waals surface area (Å²) >= 11 is 0. The predicted molar refractivity (Wildman–Crippen MR) is 58.2 cm³/mol. The molecular formula is C10H22O7Pd. The van der Waals surface area contributed by atoms with Crippen LogP contribution in [0.5, 0.6) is 0 Å². The van der Waals surface area contributed by atoms with Crippen LogP contribution >= 0.6 is 0 Å². The molecule has 0 radical (unpaired) electrons. The summed E-state index contributed by atoms with van der Waals surface area (Å²) in [4.78, 5) is 0. The zero-order valence-electron chi connectivity index (χ0n) is 10.1. The summed E-state index contributed by atoms with van der Waals surface area (Å²) in [6.45, 7) is -3.01. The number of aliphatic hydroxyl groups excluding tert-OH is 6. The third-order valence-corrected chi connectivity index (χ3v) is 2.83. The molecule has 0 atom stereocenters. The minimum absolute atomic E-state index is 0. The Morgan fingerprint density at radius 1 is 0.556 bits per heavy atom. The van der Waals surface area contributed by atoms with Crippen molar-refractivity contribution in [2.75, 3.05) is 52.9 Å². The molecule has 0 aromatic heterocycles. The molecule has 0 aliphatic rings. The molecule has 0 fully saturated rings. The van der Waals surface area contributed by atoms with Gasteiger partial charge >= 0.3 is 0 Å². The van der Waals surface area contributed by atoms with Gasteiger partial charge in [0.15, 0.2) is 0 Å². The first kappa shape index (κ1) is 20.7. The molecule has 0 amide bonds. The Morgan fingerprint density at radius 2 is 0.778 bits per heavy atom. The van der Waals surface area contributed by atoms with Gasteiger partial charge in [0.25, 0.3) is 0 Å². The molecule has 0 spiro atoms. The van der Waals surface area contributed by atoms with Gasteiger partial charge in [-0.1, -0.05) is 0 Å². The van der Waals surface area contributed by atoms with E-state index in [0.717, 1.165) is 0 Å². The molecule has 7 nitrogen and oxygen atoms in total. The summed E-state index contributed by atoms with van der Waals surface area (Å²) in [5, 5.41) is 54.2. The first-order valence-electron chi connectivity index (χ1n) is 5.30. The first-order chi connectivity index (χ1) is 8.07. The molecule has 8 heteroatoms. The summed E-state index contributed by atoms with van der Waals surface area (Å²) in [5.74, 6) is 0. The molecule has 0 rings (SSSR count). The quantitative estimate of drug-likeness (QED) is 0.228. The standard InChI is InChI=1S/C10H22O7.Pd/c11-1-9(2-12,3-13)7-17-8-10(4-14,5-15)6-16;/h11-16H,1-8H2;. The van der Waals surface area contributed by atoms with Crippen molar-refractivity contribution < 1.29 is 55.8 Å². The summed E-state index contributed by atoms with van der Waals surface area (Å²) in [6.07, 6.45) is 0. The maximum atomic E-state index is 9.03. The van der Waals surface area contributed by atoms with Crippen LogP contribution in [-0.2, 0) is 25.2 Å². The fraction of sp³-hybridized carbons (Fsp3) is 1.00. The fourth-order valence-electron chi connectivity index (χ4n) is 1.06. The van der Waals surface area contributed by atoms with Crippen molar-refractivity contribution in [2.24, 2.45) is 10.8 Å². The Morgan fingerprint density at radius 3 is 0.944 bits per heavy atom. The van der Waals surface area contributed by atoms with Gasteiger partial charge in [0, 0.05) is 20.4 Å². The Balaban J connectivity index is 0. The zero-order chi connectivity index (χ0) is 13.4. The summed E-state index contributed by atoms with van der Waals surface area (Å²) in [6, 6.07) is 0. The molecule has 0 aromatic rings. The van der Waals surface area contributed by atoms with Gasteiger partial charge in [-0.3, -0.25) is 0 Å². The van der Waals surface area contributed by atoms with Crippen LogP contribution < -0.4 is 0 Å². The molecular weight excluding hydrogens is 339 g/mol. The molecule has 0 aromatic carbocycles. The van der Waals surface area contributed by atoms with E-state index in [1.54, 1.807) is 0 Å². The Labute approximate surface area is 120 Å². The number of aliphatic hydroxyl groups is 6. The van der Waals surface area contributed by atoms with E-state index >= 15 is 0 Å². The molecule has 0 aliphatic carbocycles. The molecule has 0 aliphatic heterocycles. The number of rotatable bonds is 10. The molecule has 6 N–H and O–H groups in total. The van der Waals surface area contributed by atoms with E-state index in [9.17, 15) is 0 Å². The second-order valence-electron chi connectivity index (χ2n) is 4.44. The topological polar surface area (TPSA) is 131 Å². The van der Waals surface area contributed by atoms with Gasteiger partial charge in [-0.2, -0.15) is 0 Å². The van der Waals surface area contributed by atoms with E-state index < -0.39 is 50.5 Å². The SMILES string of the molecule is OCC(CO)(CO)COCC(CO)(CO)CO.[Pd]. The Bertz CT molecular complexity index is 158. The minimum atomic E-state index is -1.16. The van der Waals surface area contributed by atoms with E-state index in [1.165, 1.54) is 0 Å². The number of ether oxygens (including phenoxy) is 1. The second kappa shape index (κ2) is 10.2. The van der Waals surface area contributed by atoms with Crippen molar-refractivity contribution >= 4 is 0 Å². The van der Waals surface area contributed by atoms with Crippen LogP contribution in [0.3, 0.4) is 0 Å². The van der Waals surface area contributed by atoms with Crippen molar-refractivity contribution in [3.63, 3.8) is 0 Å². The van der Waals surface area contributed by atoms with Crippen molar-refractivity contribution in [2.45, 2.75) is 0 Å². The molecule has 0 saturated heterocycles. The summed E-state index contributed by atoms with van der Waals surface area (Å²) < 4.78 is 5.15. The summed E-state index contributed by atoms with van der Waals surface area (Å²) in [5.41, 5.74) is -2.32. The predicted octanol–water partition coefficient (Wildman–Crippen LogP) is -3.07. The average molecular weight is 361 g/mol. The van der Waals surface area contributed by atoms with Gasteiger partial charge in [0.2, 0.25) is 0 Å². The van der Waals surface area contributed by atoms with Crippen LogP contribution in [0.2, 0.25) is 0 Å². The average Bonchev–Trinajstić information content (AvgIpc) is 2.41. The van der Waals surface area contributed by atoms with Gasteiger partial charge in [-0.05, 0) is 0 Å². The first-order valence-corrected chi connectivity index (χ1v) is 5.30. The van der Waals surface area contributed by atoms with Crippen molar-refractivity contribution in [1.29, 1.82) is 0 Å². The Kier molecular flexibility index (Phi) is 11.7. The van der Waals surface area contributed by atoms with Gasteiger partial charge < -0.3 is 35.4 Å². The van der Waals surface area contributed by atoms with Crippen LogP contribution in [0.25, 0.3) is 0 Å². The molecule has 18 heavy (non-hydrogen) atoms. The van der Waals surface area contributed by atoms with Crippen LogP contribution in [0, 0.1) is 10.8 Å². The number of hydrogen-bond acceptors (Lipinski definition) is 7. The molecule has 0 unspecified atom stereocenters. The minimum Gasteiger partial charge on any atom is -0.396 e. The normalized spacial score (nSPS) is 12.3. The molecule has 0 bridgehead atoms.